The van der Waals surface area contributed by atoms with Crippen molar-refractivity contribution in [1.29, 1.82) is 0 Å². The maximum absolute atomic E-state index is 12.9. The van der Waals surface area contributed by atoms with Gasteiger partial charge in [-0.3, -0.25) is 9.29 Å². The van der Waals surface area contributed by atoms with Crippen LogP contribution in [0.4, 0.5) is 0 Å². The number of sulfonamides is 1. The zero-order valence-electron chi connectivity index (χ0n) is 15.5. The molecule has 0 amide bonds. The average molecular weight is 443 g/mol. The summed E-state index contributed by atoms with van der Waals surface area (Å²) in [6.45, 7) is 1.68. The Morgan fingerprint density at radius 1 is 1.29 bits per heavy atom. The minimum absolute atomic E-state index is 0.0502. The summed E-state index contributed by atoms with van der Waals surface area (Å²) in [5.41, 5.74) is 1.74. The predicted octanol–water partition coefficient (Wildman–Crippen LogP) is 2.85. The van der Waals surface area contributed by atoms with Crippen LogP contribution in [0.5, 0.6) is 0 Å². The van der Waals surface area contributed by atoms with Gasteiger partial charge in [0, 0.05) is 24.7 Å². The van der Waals surface area contributed by atoms with Gasteiger partial charge >= 0.3 is 0 Å². The van der Waals surface area contributed by atoms with Crippen LogP contribution < -0.4 is 0 Å². The van der Waals surface area contributed by atoms with Crippen LogP contribution in [0.15, 0.2) is 57.3 Å². The van der Waals surface area contributed by atoms with Crippen LogP contribution in [0.2, 0.25) is 0 Å². The highest BCUT2D eigenvalue weighted by Gasteiger charge is 2.35. The lowest BCUT2D eigenvalue weighted by Crippen LogP contribution is -2.26. The van der Waals surface area contributed by atoms with Crippen LogP contribution in [0.3, 0.4) is 0 Å². The summed E-state index contributed by atoms with van der Waals surface area (Å²) in [5.74, 6) is -0.712. The predicted molar refractivity (Wildman–Crippen MR) is 108 cm³/mol. The molecule has 7 nitrogen and oxygen atoms in total. The number of fused-ring (bicyclic) bond motifs is 1. The summed E-state index contributed by atoms with van der Waals surface area (Å²) in [6, 6.07) is 3.21. The van der Waals surface area contributed by atoms with Crippen molar-refractivity contribution in [3.63, 3.8) is 0 Å². The molecule has 0 atom stereocenters. The number of sulfone groups is 1. The van der Waals surface area contributed by atoms with Crippen molar-refractivity contribution in [2.45, 2.75) is 19.1 Å². The molecular weight excluding hydrogens is 424 g/mol. The van der Waals surface area contributed by atoms with E-state index >= 15 is 0 Å². The summed E-state index contributed by atoms with van der Waals surface area (Å²) >= 11 is 6.42. The fourth-order valence-electron chi connectivity index (χ4n) is 3.22. The molecular formula is C18H19ClN2O5S2. The van der Waals surface area contributed by atoms with E-state index in [1.165, 1.54) is 19.3 Å². The molecule has 1 N–H and O–H groups in total. The Morgan fingerprint density at radius 2 is 1.96 bits per heavy atom. The molecule has 3 rings (SSSR count). The second-order valence-corrected chi connectivity index (χ2v) is 11.0. The first kappa shape index (κ1) is 20.6. The summed E-state index contributed by atoms with van der Waals surface area (Å²) < 4.78 is 50.7. The molecule has 28 heavy (non-hydrogen) atoms. The Kier molecular flexibility index (Phi) is 5.20. The molecule has 2 heterocycles. The highest BCUT2D eigenvalue weighted by atomic mass is 35.5. The number of aromatic nitrogens is 1. The Morgan fingerprint density at radius 3 is 2.61 bits per heavy atom. The minimum Gasteiger partial charge on any atom is -0.504 e. The van der Waals surface area contributed by atoms with Gasteiger partial charge in [0.2, 0.25) is 10.0 Å². The third-order valence-corrected chi connectivity index (χ3v) is 7.86. The first-order chi connectivity index (χ1) is 12.9. The van der Waals surface area contributed by atoms with Crippen LogP contribution in [-0.2, 0) is 25.6 Å². The number of aliphatic hydroxyl groups is 1. The molecule has 150 valence electrons. The van der Waals surface area contributed by atoms with Crippen molar-refractivity contribution in [2.24, 2.45) is 0 Å². The lowest BCUT2D eigenvalue weighted by atomic mass is 10.1. The van der Waals surface area contributed by atoms with Crippen molar-refractivity contribution >= 4 is 37.2 Å². The third kappa shape index (κ3) is 3.61. The molecule has 10 heteroatoms. The molecule has 0 aromatic carbocycles. The number of aliphatic hydroxyl groups excluding tert-OH is 1. The smallest absolute Gasteiger partial charge is 0.232 e. The van der Waals surface area contributed by atoms with Crippen molar-refractivity contribution < 1.29 is 21.9 Å². The van der Waals surface area contributed by atoms with Crippen LogP contribution in [0.25, 0.3) is 5.76 Å². The molecule has 0 spiro atoms. The van der Waals surface area contributed by atoms with Crippen LogP contribution in [0.1, 0.15) is 24.6 Å². The number of hydrogen-bond acceptors (Lipinski definition) is 6. The molecule has 1 aliphatic heterocycles. The van der Waals surface area contributed by atoms with Gasteiger partial charge in [0.1, 0.15) is 10.6 Å². The highest BCUT2D eigenvalue weighted by molar-refractivity contribution is 7.95. The van der Waals surface area contributed by atoms with Gasteiger partial charge in [-0.25, -0.2) is 16.8 Å². The van der Waals surface area contributed by atoms with Crippen molar-refractivity contribution in [2.75, 3.05) is 13.3 Å². The van der Waals surface area contributed by atoms with E-state index in [-0.39, 0.29) is 39.1 Å². The molecule has 0 radical (unpaired) electrons. The first-order valence-electron chi connectivity index (χ1n) is 8.24. The summed E-state index contributed by atoms with van der Waals surface area (Å²) in [5, 5.41) is 10.8. The van der Waals surface area contributed by atoms with Crippen LogP contribution >= 0.6 is 11.6 Å². The maximum atomic E-state index is 12.9. The van der Waals surface area contributed by atoms with Gasteiger partial charge in [-0.2, -0.15) is 0 Å². The van der Waals surface area contributed by atoms with Gasteiger partial charge in [-0.1, -0.05) is 29.8 Å². The SMILES string of the molecule is CC1=CC=C(C2=C(O)c3ncccc3CS2(=O)=O)CC(Cl)=C1N(C)S(C)(=O)=O. The molecule has 0 saturated heterocycles. The van der Waals surface area contributed by atoms with Gasteiger partial charge in [0.05, 0.1) is 17.7 Å². The highest BCUT2D eigenvalue weighted by Crippen LogP contribution is 2.40. The molecule has 0 saturated carbocycles. The number of rotatable bonds is 3. The second-order valence-electron chi connectivity index (χ2n) is 6.65. The molecule has 1 aromatic rings. The topological polar surface area (TPSA) is 105 Å². The van der Waals surface area contributed by atoms with Gasteiger partial charge in [0.15, 0.2) is 15.6 Å². The Balaban J connectivity index is 2.17. The Labute approximate surface area is 169 Å². The number of nitrogens with zero attached hydrogens (tertiary/aromatic N) is 2. The normalized spacial score (nSPS) is 19.6. The largest absolute Gasteiger partial charge is 0.504 e. The quantitative estimate of drug-likeness (QED) is 0.771. The lowest BCUT2D eigenvalue weighted by Gasteiger charge is -2.23. The van der Waals surface area contributed by atoms with Gasteiger partial charge < -0.3 is 5.11 Å². The molecule has 1 aromatic heterocycles. The van der Waals surface area contributed by atoms with E-state index in [1.807, 2.05) is 0 Å². The molecule has 2 aliphatic rings. The lowest BCUT2D eigenvalue weighted by molar-refractivity contribution is 0.502. The van der Waals surface area contributed by atoms with Gasteiger partial charge in [-0.15, -0.1) is 0 Å². The number of pyridine rings is 1. The zero-order chi connectivity index (χ0) is 20.9. The van der Waals surface area contributed by atoms with E-state index < -0.39 is 25.6 Å². The molecule has 0 bridgehead atoms. The van der Waals surface area contributed by atoms with E-state index in [0.717, 1.165) is 10.6 Å². The van der Waals surface area contributed by atoms with Crippen LogP contribution in [0, 0.1) is 0 Å². The minimum atomic E-state index is -3.83. The average Bonchev–Trinajstić information content (AvgIpc) is 2.71. The van der Waals surface area contributed by atoms with Crippen LogP contribution in [-0.4, -0.2) is 44.5 Å². The number of allylic oxidation sites excluding steroid dienone is 5. The maximum Gasteiger partial charge on any atom is 0.232 e. The summed E-state index contributed by atoms with van der Waals surface area (Å²) in [7, 11) is -6.01. The van der Waals surface area contributed by atoms with E-state index in [9.17, 15) is 21.9 Å². The summed E-state index contributed by atoms with van der Waals surface area (Å²) in [4.78, 5) is 3.86. The first-order valence-corrected chi connectivity index (χ1v) is 12.1. The fraction of sp³-hybridized carbons (Fsp3) is 0.278. The van der Waals surface area contributed by atoms with E-state index in [0.29, 0.717) is 11.1 Å². The second kappa shape index (κ2) is 7.06. The Hall–Kier alpha value is -2.10. The van der Waals surface area contributed by atoms with E-state index in [2.05, 4.69) is 4.98 Å². The van der Waals surface area contributed by atoms with Gasteiger partial charge in [-0.05, 0) is 29.7 Å². The fourth-order valence-corrected chi connectivity index (χ4v) is 5.99. The molecule has 0 unspecified atom stereocenters. The zero-order valence-corrected chi connectivity index (χ0v) is 17.9. The van der Waals surface area contributed by atoms with Gasteiger partial charge in [0.25, 0.3) is 0 Å². The molecule has 1 aliphatic carbocycles. The van der Waals surface area contributed by atoms with E-state index in [4.69, 9.17) is 11.6 Å². The number of likely N-dealkylation sites (N-methyl/N-ethyl adjacent to an activating group) is 1. The van der Waals surface area contributed by atoms with Crippen molar-refractivity contribution in [3.8, 4) is 0 Å². The molecule has 0 fully saturated rings. The third-order valence-electron chi connectivity index (χ3n) is 4.60. The number of hydrogen-bond donors (Lipinski definition) is 1. The summed E-state index contributed by atoms with van der Waals surface area (Å²) in [6.07, 6.45) is 5.61. The van der Waals surface area contributed by atoms with Crippen molar-refractivity contribution in [3.05, 3.63) is 68.5 Å². The monoisotopic (exact) mass is 442 g/mol. The number of halogens is 1. The van der Waals surface area contributed by atoms with Crippen molar-refractivity contribution in [1.82, 2.24) is 9.29 Å². The standard InChI is InChI=1S/C18H19ClN2O5S2/c1-11-6-7-12(9-14(19)16(11)21(2)27(3,23)24)18-17(22)15-13(5-4-8-20-15)10-28(18,25)26/h4-8,22H,9-10H2,1-3H3. The van der Waals surface area contributed by atoms with E-state index in [1.54, 1.807) is 25.1 Å². The Bertz CT molecular complexity index is 1190.